The number of aromatic nitrogens is 3. The van der Waals surface area contributed by atoms with Crippen LogP contribution in [0.2, 0.25) is 5.02 Å². The van der Waals surface area contributed by atoms with Gasteiger partial charge in [0, 0.05) is 18.1 Å². The Morgan fingerprint density at radius 3 is 2.74 bits per heavy atom. The third-order valence-electron chi connectivity index (χ3n) is 4.00. The maximum absolute atomic E-state index is 13.6. The smallest absolute Gasteiger partial charge is 0.266 e. The van der Waals surface area contributed by atoms with Gasteiger partial charge in [-0.2, -0.15) is 0 Å². The van der Waals surface area contributed by atoms with Gasteiger partial charge in [-0.3, -0.25) is 14.3 Å². The third kappa shape index (κ3) is 3.59. The second-order valence-corrected chi connectivity index (χ2v) is 7.15. The first-order valence-corrected chi connectivity index (χ1v) is 9.49. The van der Waals surface area contributed by atoms with Crippen LogP contribution in [0.15, 0.2) is 76.9 Å². The van der Waals surface area contributed by atoms with Gasteiger partial charge in [-0.1, -0.05) is 41.6 Å². The van der Waals surface area contributed by atoms with Gasteiger partial charge in [-0.05, 0) is 42.0 Å². The van der Waals surface area contributed by atoms with E-state index in [1.807, 2.05) is 18.2 Å². The number of hydrogen-bond donors (Lipinski definition) is 0. The second kappa shape index (κ2) is 7.50. The molecule has 2 aromatic carbocycles. The van der Waals surface area contributed by atoms with Crippen molar-refractivity contribution in [3.63, 3.8) is 0 Å². The number of rotatable bonds is 4. The fraction of sp³-hybridized carbons (Fsp3) is 0.0500. The number of para-hydroxylation sites is 1. The van der Waals surface area contributed by atoms with Gasteiger partial charge in [0.05, 0.1) is 21.6 Å². The standard InChI is InChI=1S/C20H13ClFN3OS/c21-16-10-14(7-8-17(16)22)25-19(26)15-5-1-2-6-18(15)24-20(25)27-12-13-4-3-9-23-11-13/h1-11H,12H2. The first-order chi connectivity index (χ1) is 13.1. The van der Waals surface area contributed by atoms with E-state index in [0.29, 0.717) is 27.5 Å². The van der Waals surface area contributed by atoms with Gasteiger partial charge in [0.25, 0.3) is 5.56 Å². The minimum atomic E-state index is -0.535. The Morgan fingerprint density at radius 1 is 1.11 bits per heavy atom. The Bertz CT molecular complexity index is 1180. The van der Waals surface area contributed by atoms with Gasteiger partial charge in [-0.15, -0.1) is 0 Å². The van der Waals surface area contributed by atoms with E-state index >= 15 is 0 Å². The molecule has 0 aliphatic carbocycles. The van der Waals surface area contributed by atoms with Crippen molar-refractivity contribution >= 4 is 34.3 Å². The Hall–Kier alpha value is -2.70. The number of benzene rings is 2. The van der Waals surface area contributed by atoms with Crippen molar-refractivity contribution in [2.75, 3.05) is 0 Å². The summed E-state index contributed by atoms with van der Waals surface area (Å²) in [6.45, 7) is 0. The highest BCUT2D eigenvalue weighted by Gasteiger charge is 2.14. The lowest BCUT2D eigenvalue weighted by Gasteiger charge is -2.13. The maximum Gasteiger partial charge on any atom is 0.266 e. The molecule has 4 rings (SSSR count). The van der Waals surface area contributed by atoms with Gasteiger partial charge in [0.15, 0.2) is 5.16 Å². The maximum atomic E-state index is 13.6. The van der Waals surface area contributed by atoms with Crippen LogP contribution in [0.25, 0.3) is 16.6 Å². The van der Waals surface area contributed by atoms with Crippen LogP contribution in [0.3, 0.4) is 0 Å². The second-order valence-electron chi connectivity index (χ2n) is 5.80. The van der Waals surface area contributed by atoms with E-state index < -0.39 is 5.82 Å². The van der Waals surface area contributed by atoms with E-state index in [1.165, 1.54) is 34.5 Å². The molecule has 27 heavy (non-hydrogen) atoms. The normalized spacial score (nSPS) is 11.0. The summed E-state index contributed by atoms with van der Waals surface area (Å²) >= 11 is 7.34. The summed E-state index contributed by atoms with van der Waals surface area (Å²) in [5, 5.41) is 0.949. The molecule has 2 aromatic heterocycles. The molecule has 134 valence electrons. The highest BCUT2D eigenvalue weighted by molar-refractivity contribution is 7.98. The van der Waals surface area contributed by atoms with E-state index in [9.17, 15) is 9.18 Å². The molecular weight excluding hydrogens is 385 g/mol. The summed E-state index contributed by atoms with van der Waals surface area (Å²) in [5.74, 6) is 0.0554. The minimum Gasteiger partial charge on any atom is -0.268 e. The summed E-state index contributed by atoms with van der Waals surface area (Å²) in [4.78, 5) is 21.9. The zero-order valence-electron chi connectivity index (χ0n) is 14.0. The van der Waals surface area contributed by atoms with Crippen LogP contribution in [-0.4, -0.2) is 14.5 Å². The zero-order chi connectivity index (χ0) is 18.8. The van der Waals surface area contributed by atoms with Crippen LogP contribution in [0, 0.1) is 5.82 Å². The molecule has 0 bridgehead atoms. The van der Waals surface area contributed by atoms with Crippen molar-refractivity contribution in [2.24, 2.45) is 0 Å². The summed E-state index contributed by atoms with van der Waals surface area (Å²) in [6, 6.07) is 15.2. The third-order valence-corrected chi connectivity index (χ3v) is 5.30. The molecule has 0 radical (unpaired) electrons. The lowest BCUT2D eigenvalue weighted by molar-refractivity contribution is 0.627. The van der Waals surface area contributed by atoms with E-state index in [0.717, 1.165) is 5.56 Å². The molecule has 0 aliphatic rings. The predicted octanol–water partition coefficient (Wildman–Crippen LogP) is 4.87. The van der Waals surface area contributed by atoms with Crippen LogP contribution < -0.4 is 5.56 Å². The highest BCUT2D eigenvalue weighted by Crippen LogP contribution is 2.26. The van der Waals surface area contributed by atoms with Crippen LogP contribution in [-0.2, 0) is 5.75 Å². The Balaban J connectivity index is 1.87. The number of pyridine rings is 1. The summed E-state index contributed by atoms with van der Waals surface area (Å²) in [5.41, 5.74) is 1.87. The predicted molar refractivity (Wildman–Crippen MR) is 106 cm³/mol. The van der Waals surface area contributed by atoms with Gasteiger partial charge >= 0.3 is 0 Å². The van der Waals surface area contributed by atoms with Gasteiger partial charge in [0.1, 0.15) is 5.82 Å². The topological polar surface area (TPSA) is 47.8 Å². The summed E-state index contributed by atoms with van der Waals surface area (Å²) < 4.78 is 15.1. The lowest BCUT2D eigenvalue weighted by atomic mass is 10.2. The molecule has 0 aliphatic heterocycles. The quantitative estimate of drug-likeness (QED) is 0.364. The molecular formula is C20H13ClFN3OS. The lowest BCUT2D eigenvalue weighted by Crippen LogP contribution is -2.21. The van der Waals surface area contributed by atoms with Gasteiger partial charge < -0.3 is 0 Å². The van der Waals surface area contributed by atoms with E-state index in [-0.39, 0.29) is 10.6 Å². The van der Waals surface area contributed by atoms with Crippen molar-refractivity contribution in [1.82, 2.24) is 14.5 Å². The number of hydrogen-bond acceptors (Lipinski definition) is 4. The summed E-state index contributed by atoms with van der Waals surface area (Å²) in [6.07, 6.45) is 3.48. The highest BCUT2D eigenvalue weighted by atomic mass is 35.5. The molecule has 0 saturated carbocycles. The van der Waals surface area contributed by atoms with Crippen molar-refractivity contribution in [2.45, 2.75) is 10.9 Å². The number of halogens is 2. The molecule has 0 amide bonds. The van der Waals surface area contributed by atoms with E-state index in [1.54, 1.807) is 30.6 Å². The molecule has 0 unspecified atom stereocenters. The monoisotopic (exact) mass is 397 g/mol. The molecule has 4 aromatic rings. The van der Waals surface area contributed by atoms with Crippen molar-refractivity contribution < 1.29 is 4.39 Å². The number of thioether (sulfide) groups is 1. The molecule has 0 N–H and O–H groups in total. The number of fused-ring (bicyclic) bond motifs is 1. The molecule has 0 fully saturated rings. The van der Waals surface area contributed by atoms with Gasteiger partial charge in [-0.25, -0.2) is 9.37 Å². The zero-order valence-corrected chi connectivity index (χ0v) is 15.5. The van der Waals surface area contributed by atoms with E-state index in [4.69, 9.17) is 11.6 Å². The molecule has 0 spiro atoms. The Kier molecular flexibility index (Phi) is 4.92. The fourth-order valence-corrected chi connectivity index (χ4v) is 3.81. The molecule has 7 heteroatoms. The average molecular weight is 398 g/mol. The van der Waals surface area contributed by atoms with Crippen molar-refractivity contribution in [3.8, 4) is 5.69 Å². The van der Waals surface area contributed by atoms with Crippen molar-refractivity contribution in [1.29, 1.82) is 0 Å². The molecule has 4 nitrogen and oxygen atoms in total. The molecule has 0 atom stereocenters. The fourth-order valence-electron chi connectivity index (χ4n) is 2.69. The van der Waals surface area contributed by atoms with Gasteiger partial charge in [0.2, 0.25) is 0 Å². The first-order valence-electron chi connectivity index (χ1n) is 8.12. The number of nitrogens with zero attached hydrogens (tertiary/aromatic N) is 3. The Morgan fingerprint density at radius 2 is 1.96 bits per heavy atom. The van der Waals surface area contributed by atoms with E-state index in [2.05, 4.69) is 9.97 Å². The SMILES string of the molecule is O=c1c2ccccc2nc(SCc2cccnc2)n1-c1ccc(F)c(Cl)c1. The van der Waals surface area contributed by atoms with Crippen LogP contribution in [0.1, 0.15) is 5.56 Å². The molecule has 0 saturated heterocycles. The average Bonchev–Trinajstić information content (AvgIpc) is 2.70. The van der Waals surface area contributed by atoms with Crippen LogP contribution in [0.4, 0.5) is 4.39 Å². The summed E-state index contributed by atoms with van der Waals surface area (Å²) in [7, 11) is 0. The van der Waals surface area contributed by atoms with Crippen molar-refractivity contribution in [3.05, 3.63) is 93.7 Å². The minimum absolute atomic E-state index is 0.0456. The first kappa shape index (κ1) is 17.7. The Labute approximate surface area is 163 Å². The largest absolute Gasteiger partial charge is 0.268 e. The molecule has 2 heterocycles. The van der Waals surface area contributed by atoms with Crippen LogP contribution >= 0.6 is 23.4 Å². The van der Waals surface area contributed by atoms with Crippen LogP contribution in [0.5, 0.6) is 0 Å².